The van der Waals surface area contributed by atoms with E-state index in [9.17, 15) is 0 Å². The van der Waals surface area contributed by atoms with E-state index in [4.69, 9.17) is 0 Å². The van der Waals surface area contributed by atoms with Crippen molar-refractivity contribution in [2.75, 3.05) is 26.7 Å². The molecule has 2 heterocycles. The maximum Gasteiger partial charge on any atom is 0.0930 e. The highest BCUT2D eigenvalue weighted by Gasteiger charge is 2.20. The molecule has 2 rings (SSSR count). The maximum atomic E-state index is 4.67. The van der Waals surface area contributed by atoms with Crippen molar-refractivity contribution in [3.8, 4) is 0 Å². The Morgan fingerprint density at radius 2 is 2.35 bits per heavy atom. The zero-order chi connectivity index (χ0) is 12.3. The topological polar surface area (TPSA) is 28.2 Å². The summed E-state index contributed by atoms with van der Waals surface area (Å²) in [6.45, 7) is 7.76. The summed E-state index contributed by atoms with van der Waals surface area (Å²) in [4.78, 5) is 8.62. The summed E-state index contributed by atoms with van der Waals surface area (Å²) in [5.74, 6) is 0. The molecule has 0 aromatic carbocycles. The van der Waals surface area contributed by atoms with E-state index in [1.807, 2.05) is 11.3 Å². The van der Waals surface area contributed by atoms with Gasteiger partial charge in [-0.2, -0.15) is 0 Å². The molecule has 0 spiro atoms. The van der Waals surface area contributed by atoms with Crippen LogP contribution >= 0.6 is 11.3 Å². The Morgan fingerprint density at radius 3 is 3.06 bits per heavy atom. The second kappa shape index (κ2) is 5.94. The van der Waals surface area contributed by atoms with Gasteiger partial charge in [0.25, 0.3) is 0 Å². The van der Waals surface area contributed by atoms with E-state index in [0.717, 1.165) is 32.5 Å². The summed E-state index contributed by atoms with van der Waals surface area (Å²) in [6.07, 6.45) is 3.47. The molecule has 1 atom stereocenters. The summed E-state index contributed by atoms with van der Waals surface area (Å²) in [6, 6.07) is 0.636. The van der Waals surface area contributed by atoms with Gasteiger partial charge in [-0.05, 0) is 26.8 Å². The van der Waals surface area contributed by atoms with Crippen LogP contribution in [-0.2, 0) is 12.8 Å². The van der Waals surface area contributed by atoms with Gasteiger partial charge >= 0.3 is 0 Å². The fourth-order valence-corrected chi connectivity index (χ4v) is 3.55. The minimum Gasteiger partial charge on any atom is -0.314 e. The SMILES string of the molecule is CCCc1nc(C)c(CC2CNCCN2C)s1. The smallest absolute Gasteiger partial charge is 0.0930 e. The molecule has 0 amide bonds. The quantitative estimate of drug-likeness (QED) is 0.887. The van der Waals surface area contributed by atoms with Crippen LogP contribution in [-0.4, -0.2) is 42.6 Å². The van der Waals surface area contributed by atoms with Gasteiger partial charge in [0.1, 0.15) is 0 Å². The van der Waals surface area contributed by atoms with Gasteiger partial charge in [-0.25, -0.2) is 4.98 Å². The molecular weight excluding hydrogens is 230 g/mol. The number of aryl methyl sites for hydroxylation is 2. The third-order valence-corrected chi connectivity index (χ3v) is 4.71. The highest BCUT2D eigenvalue weighted by molar-refractivity contribution is 7.11. The molecule has 1 N–H and O–H groups in total. The second-order valence-electron chi connectivity index (χ2n) is 4.91. The molecule has 1 unspecified atom stereocenters. The fourth-order valence-electron chi connectivity index (χ4n) is 2.30. The zero-order valence-electron chi connectivity index (χ0n) is 11.1. The molecule has 0 radical (unpaired) electrons. The van der Waals surface area contributed by atoms with E-state index in [2.05, 4.69) is 36.1 Å². The van der Waals surface area contributed by atoms with E-state index >= 15 is 0 Å². The van der Waals surface area contributed by atoms with Crippen LogP contribution in [0.15, 0.2) is 0 Å². The number of likely N-dealkylation sites (N-methyl/N-ethyl adjacent to an activating group) is 1. The van der Waals surface area contributed by atoms with Crippen LogP contribution in [0.2, 0.25) is 0 Å². The number of nitrogens with zero attached hydrogens (tertiary/aromatic N) is 2. The molecule has 0 aliphatic carbocycles. The van der Waals surface area contributed by atoms with Gasteiger partial charge in [0, 0.05) is 37.0 Å². The molecule has 1 aliphatic heterocycles. The molecule has 1 saturated heterocycles. The number of aromatic nitrogens is 1. The highest BCUT2D eigenvalue weighted by atomic mass is 32.1. The van der Waals surface area contributed by atoms with Crippen molar-refractivity contribution in [1.82, 2.24) is 15.2 Å². The fraction of sp³-hybridized carbons (Fsp3) is 0.769. The first kappa shape index (κ1) is 13.0. The molecule has 0 saturated carbocycles. The predicted octanol–water partition coefficient (Wildman–Crippen LogP) is 1.85. The third kappa shape index (κ3) is 3.27. The van der Waals surface area contributed by atoms with Crippen molar-refractivity contribution in [2.45, 2.75) is 39.2 Å². The van der Waals surface area contributed by atoms with Crippen LogP contribution < -0.4 is 5.32 Å². The largest absolute Gasteiger partial charge is 0.314 e. The van der Waals surface area contributed by atoms with Gasteiger partial charge < -0.3 is 10.2 Å². The van der Waals surface area contributed by atoms with Crippen molar-refractivity contribution < 1.29 is 0 Å². The number of thiazole rings is 1. The molecule has 0 bridgehead atoms. The van der Waals surface area contributed by atoms with E-state index in [-0.39, 0.29) is 0 Å². The Hall–Kier alpha value is -0.450. The van der Waals surface area contributed by atoms with Crippen LogP contribution in [0.1, 0.15) is 28.9 Å². The Bertz CT molecular complexity index is 362. The van der Waals surface area contributed by atoms with Crippen molar-refractivity contribution in [1.29, 1.82) is 0 Å². The predicted molar refractivity (Wildman–Crippen MR) is 73.8 cm³/mol. The van der Waals surface area contributed by atoms with Crippen LogP contribution in [0.4, 0.5) is 0 Å². The van der Waals surface area contributed by atoms with E-state index < -0.39 is 0 Å². The summed E-state index contributed by atoms with van der Waals surface area (Å²) in [5.41, 5.74) is 1.25. The van der Waals surface area contributed by atoms with Gasteiger partial charge in [-0.1, -0.05) is 6.92 Å². The lowest BCUT2D eigenvalue weighted by molar-refractivity contribution is 0.199. The lowest BCUT2D eigenvalue weighted by Gasteiger charge is -2.32. The summed E-state index contributed by atoms with van der Waals surface area (Å²) < 4.78 is 0. The van der Waals surface area contributed by atoms with Crippen LogP contribution in [0.25, 0.3) is 0 Å². The molecular formula is C13H23N3S. The Kier molecular flexibility index (Phi) is 4.54. The van der Waals surface area contributed by atoms with Crippen molar-refractivity contribution in [3.63, 3.8) is 0 Å². The first-order chi connectivity index (χ1) is 8.20. The van der Waals surface area contributed by atoms with Crippen LogP contribution in [0.5, 0.6) is 0 Å². The lowest BCUT2D eigenvalue weighted by atomic mass is 10.1. The summed E-state index contributed by atoms with van der Waals surface area (Å²) in [7, 11) is 2.23. The Balaban J connectivity index is 2.01. The molecule has 96 valence electrons. The van der Waals surface area contributed by atoms with E-state index in [0.29, 0.717) is 6.04 Å². The van der Waals surface area contributed by atoms with E-state index in [1.165, 1.54) is 22.0 Å². The Labute approximate surface area is 108 Å². The molecule has 1 aromatic heterocycles. The van der Waals surface area contributed by atoms with Crippen LogP contribution in [0.3, 0.4) is 0 Å². The number of rotatable bonds is 4. The normalized spacial score (nSPS) is 21.9. The zero-order valence-corrected chi connectivity index (χ0v) is 11.9. The monoisotopic (exact) mass is 253 g/mol. The second-order valence-corrected chi connectivity index (χ2v) is 6.08. The summed E-state index contributed by atoms with van der Waals surface area (Å²) in [5, 5.41) is 4.79. The number of hydrogen-bond acceptors (Lipinski definition) is 4. The number of piperazine rings is 1. The molecule has 1 fully saturated rings. The third-order valence-electron chi connectivity index (χ3n) is 3.47. The standard InChI is InChI=1S/C13H23N3S/c1-4-5-13-15-10(2)12(17-13)8-11-9-14-6-7-16(11)3/h11,14H,4-9H2,1-3H3. The first-order valence-electron chi connectivity index (χ1n) is 6.56. The summed E-state index contributed by atoms with van der Waals surface area (Å²) >= 11 is 1.91. The number of nitrogens with one attached hydrogen (secondary N) is 1. The van der Waals surface area contributed by atoms with Crippen molar-refractivity contribution in [3.05, 3.63) is 15.6 Å². The average molecular weight is 253 g/mol. The molecule has 4 heteroatoms. The average Bonchev–Trinajstić information content (AvgIpc) is 2.63. The van der Waals surface area contributed by atoms with Crippen molar-refractivity contribution in [2.24, 2.45) is 0 Å². The molecule has 1 aliphatic rings. The van der Waals surface area contributed by atoms with Crippen LogP contribution in [0, 0.1) is 6.92 Å². The molecule has 3 nitrogen and oxygen atoms in total. The minimum absolute atomic E-state index is 0.636. The lowest BCUT2D eigenvalue weighted by Crippen LogP contribution is -2.50. The maximum absolute atomic E-state index is 4.67. The van der Waals surface area contributed by atoms with Gasteiger partial charge in [0.05, 0.1) is 10.7 Å². The minimum atomic E-state index is 0.636. The molecule has 1 aromatic rings. The van der Waals surface area contributed by atoms with Gasteiger partial charge in [-0.3, -0.25) is 0 Å². The number of hydrogen-bond donors (Lipinski definition) is 1. The first-order valence-corrected chi connectivity index (χ1v) is 7.38. The van der Waals surface area contributed by atoms with E-state index in [1.54, 1.807) is 0 Å². The van der Waals surface area contributed by atoms with Crippen molar-refractivity contribution >= 4 is 11.3 Å². The Morgan fingerprint density at radius 1 is 1.53 bits per heavy atom. The highest BCUT2D eigenvalue weighted by Crippen LogP contribution is 2.22. The molecule has 17 heavy (non-hydrogen) atoms. The van der Waals surface area contributed by atoms with Gasteiger partial charge in [0.2, 0.25) is 0 Å². The van der Waals surface area contributed by atoms with Gasteiger partial charge in [-0.15, -0.1) is 11.3 Å². The van der Waals surface area contributed by atoms with Gasteiger partial charge in [0.15, 0.2) is 0 Å².